The second-order valence-corrected chi connectivity index (χ2v) is 5.96. The maximum Gasteiger partial charge on any atom is 0.271 e. The van der Waals surface area contributed by atoms with Crippen LogP contribution in [0.15, 0.2) is 42.5 Å². The van der Waals surface area contributed by atoms with E-state index in [-0.39, 0.29) is 11.6 Å². The standard InChI is InChI=1S/C17H16ClN3O4/c18-13-3-1-12(2-4-13)17(22)19-15-6-5-14(21(23)24)11-16(15)20-7-9-25-10-8-20/h1-6,11H,7-10H2,(H,19,22). The molecular formula is C17H16ClN3O4. The maximum atomic E-state index is 12.4. The van der Waals surface area contributed by atoms with Crippen LogP contribution in [0.4, 0.5) is 17.1 Å². The van der Waals surface area contributed by atoms with Gasteiger partial charge in [-0.05, 0) is 30.3 Å². The van der Waals surface area contributed by atoms with E-state index >= 15 is 0 Å². The van der Waals surface area contributed by atoms with Crippen LogP contribution in [0.2, 0.25) is 5.02 Å². The molecule has 0 radical (unpaired) electrons. The van der Waals surface area contributed by atoms with Crippen molar-refractivity contribution in [3.63, 3.8) is 0 Å². The van der Waals surface area contributed by atoms with Gasteiger partial charge in [0.1, 0.15) is 0 Å². The van der Waals surface area contributed by atoms with Crippen molar-refractivity contribution in [3.05, 3.63) is 63.2 Å². The van der Waals surface area contributed by atoms with Crippen molar-refractivity contribution in [3.8, 4) is 0 Å². The van der Waals surface area contributed by atoms with Gasteiger partial charge in [0.25, 0.3) is 11.6 Å². The molecule has 0 atom stereocenters. The summed E-state index contributed by atoms with van der Waals surface area (Å²) in [5, 5.41) is 14.5. The van der Waals surface area contributed by atoms with Crippen LogP contribution < -0.4 is 10.2 Å². The summed E-state index contributed by atoms with van der Waals surface area (Å²) in [7, 11) is 0. The van der Waals surface area contributed by atoms with Gasteiger partial charge in [-0.3, -0.25) is 14.9 Å². The normalized spacial score (nSPS) is 14.2. The lowest BCUT2D eigenvalue weighted by Crippen LogP contribution is -2.36. The third kappa shape index (κ3) is 4.07. The van der Waals surface area contributed by atoms with E-state index in [1.54, 1.807) is 30.3 Å². The summed E-state index contributed by atoms with van der Waals surface area (Å²) in [5.41, 5.74) is 1.56. The third-order valence-electron chi connectivity index (χ3n) is 3.90. The average Bonchev–Trinajstić information content (AvgIpc) is 2.63. The highest BCUT2D eigenvalue weighted by Crippen LogP contribution is 2.31. The molecule has 0 aliphatic carbocycles. The number of non-ortho nitro benzene ring substituents is 1. The van der Waals surface area contributed by atoms with E-state index in [1.165, 1.54) is 12.1 Å². The Bertz CT molecular complexity index is 789. The summed E-state index contributed by atoms with van der Waals surface area (Å²) in [5.74, 6) is -0.306. The van der Waals surface area contributed by atoms with Crippen LogP contribution >= 0.6 is 11.6 Å². The highest BCUT2D eigenvalue weighted by Gasteiger charge is 2.20. The smallest absolute Gasteiger partial charge is 0.271 e. The molecule has 1 saturated heterocycles. The number of morpholine rings is 1. The van der Waals surface area contributed by atoms with E-state index in [0.717, 1.165) is 0 Å². The Hall–Kier alpha value is -2.64. The monoisotopic (exact) mass is 361 g/mol. The van der Waals surface area contributed by atoms with Gasteiger partial charge in [-0.15, -0.1) is 0 Å². The summed E-state index contributed by atoms with van der Waals surface area (Å²) in [6.45, 7) is 2.27. The number of hydrogen-bond donors (Lipinski definition) is 1. The second-order valence-electron chi connectivity index (χ2n) is 5.52. The molecule has 0 bridgehead atoms. The molecule has 25 heavy (non-hydrogen) atoms. The largest absolute Gasteiger partial charge is 0.378 e. The van der Waals surface area contributed by atoms with E-state index in [9.17, 15) is 14.9 Å². The molecule has 0 unspecified atom stereocenters. The number of rotatable bonds is 4. The lowest BCUT2D eigenvalue weighted by atomic mass is 10.1. The van der Waals surface area contributed by atoms with Crippen LogP contribution in [-0.4, -0.2) is 37.1 Å². The summed E-state index contributed by atoms with van der Waals surface area (Å²) in [6, 6.07) is 10.9. The first-order valence-corrected chi connectivity index (χ1v) is 8.10. The molecule has 0 aromatic heterocycles. The van der Waals surface area contributed by atoms with Crippen molar-refractivity contribution in [1.82, 2.24) is 0 Å². The molecule has 2 aromatic carbocycles. The van der Waals surface area contributed by atoms with Crippen LogP contribution in [-0.2, 0) is 4.74 Å². The number of ether oxygens (including phenoxy) is 1. The van der Waals surface area contributed by atoms with Gasteiger partial charge in [0.15, 0.2) is 0 Å². The predicted octanol–water partition coefficient (Wildman–Crippen LogP) is 3.34. The molecule has 2 aromatic rings. The van der Waals surface area contributed by atoms with Crippen LogP contribution in [0.1, 0.15) is 10.4 Å². The second kappa shape index (κ2) is 7.50. The Balaban J connectivity index is 1.89. The van der Waals surface area contributed by atoms with Crippen LogP contribution in [0.3, 0.4) is 0 Å². The summed E-state index contributed by atoms with van der Waals surface area (Å²) in [4.78, 5) is 25.0. The Morgan fingerprint density at radius 3 is 2.48 bits per heavy atom. The lowest BCUT2D eigenvalue weighted by molar-refractivity contribution is -0.384. The van der Waals surface area contributed by atoms with Crippen LogP contribution in [0, 0.1) is 10.1 Å². The highest BCUT2D eigenvalue weighted by atomic mass is 35.5. The summed E-state index contributed by atoms with van der Waals surface area (Å²) in [6.07, 6.45) is 0. The minimum atomic E-state index is -0.450. The number of amides is 1. The lowest BCUT2D eigenvalue weighted by Gasteiger charge is -2.30. The quantitative estimate of drug-likeness (QED) is 0.667. The molecule has 1 aliphatic heterocycles. The van der Waals surface area contributed by atoms with Gasteiger partial charge < -0.3 is 15.0 Å². The topological polar surface area (TPSA) is 84.7 Å². The van der Waals surface area contributed by atoms with Crippen molar-refractivity contribution in [2.45, 2.75) is 0 Å². The molecule has 1 heterocycles. The van der Waals surface area contributed by atoms with Crippen molar-refractivity contribution >= 4 is 34.6 Å². The molecule has 3 rings (SSSR count). The summed E-state index contributed by atoms with van der Waals surface area (Å²) < 4.78 is 5.32. The molecule has 8 heteroatoms. The number of halogens is 1. The number of carbonyl (C=O) groups is 1. The van der Waals surface area contributed by atoms with Gasteiger partial charge in [0, 0.05) is 35.8 Å². The van der Waals surface area contributed by atoms with Gasteiger partial charge in [0.05, 0.1) is 29.5 Å². The minimum Gasteiger partial charge on any atom is -0.378 e. The van der Waals surface area contributed by atoms with Crippen molar-refractivity contribution in [2.75, 3.05) is 36.5 Å². The fourth-order valence-electron chi connectivity index (χ4n) is 2.60. The van der Waals surface area contributed by atoms with E-state index in [1.807, 2.05) is 4.90 Å². The summed E-state index contributed by atoms with van der Waals surface area (Å²) >= 11 is 5.84. The van der Waals surface area contributed by atoms with Crippen LogP contribution in [0.25, 0.3) is 0 Å². The first-order chi connectivity index (χ1) is 12.0. The number of nitro benzene ring substituents is 1. The van der Waals surface area contributed by atoms with Gasteiger partial charge in [0.2, 0.25) is 0 Å². The molecule has 0 saturated carbocycles. The van der Waals surface area contributed by atoms with E-state index in [0.29, 0.717) is 48.3 Å². The van der Waals surface area contributed by atoms with Crippen molar-refractivity contribution in [1.29, 1.82) is 0 Å². The van der Waals surface area contributed by atoms with E-state index in [4.69, 9.17) is 16.3 Å². The number of nitrogens with zero attached hydrogens (tertiary/aromatic N) is 2. The Morgan fingerprint density at radius 2 is 1.84 bits per heavy atom. The zero-order chi connectivity index (χ0) is 17.8. The third-order valence-corrected chi connectivity index (χ3v) is 4.15. The van der Waals surface area contributed by atoms with E-state index in [2.05, 4.69) is 5.32 Å². The number of nitro groups is 1. The fraction of sp³-hybridized carbons (Fsp3) is 0.235. The minimum absolute atomic E-state index is 0.0222. The van der Waals surface area contributed by atoms with Crippen molar-refractivity contribution in [2.24, 2.45) is 0 Å². The maximum absolute atomic E-state index is 12.4. The molecule has 1 amide bonds. The molecular weight excluding hydrogens is 346 g/mol. The molecule has 1 aliphatic rings. The first kappa shape index (κ1) is 17.2. The zero-order valence-corrected chi connectivity index (χ0v) is 14.0. The Kier molecular flexibility index (Phi) is 5.16. The molecule has 7 nitrogen and oxygen atoms in total. The number of hydrogen-bond acceptors (Lipinski definition) is 5. The highest BCUT2D eigenvalue weighted by molar-refractivity contribution is 6.30. The number of nitrogens with one attached hydrogen (secondary N) is 1. The molecule has 130 valence electrons. The Labute approximate surface area is 149 Å². The molecule has 0 spiro atoms. The SMILES string of the molecule is O=C(Nc1ccc([N+](=O)[O-])cc1N1CCOCC1)c1ccc(Cl)cc1. The van der Waals surface area contributed by atoms with Gasteiger partial charge in [-0.2, -0.15) is 0 Å². The molecule has 1 fully saturated rings. The van der Waals surface area contributed by atoms with E-state index < -0.39 is 4.92 Å². The van der Waals surface area contributed by atoms with Gasteiger partial charge >= 0.3 is 0 Å². The molecule has 1 N–H and O–H groups in total. The van der Waals surface area contributed by atoms with Gasteiger partial charge in [-0.1, -0.05) is 11.6 Å². The van der Waals surface area contributed by atoms with Crippen molar-refractivity contribution < 1.29 is 14.5 Å². The van der Waals surface area contributed by atoms with Crippen LogP contribution in [0.5, 0.6) is 0 Å². The number of benzene rings is 2. The zero-order valence-electron chi connectivity index (χ0n) is 13.3. The van der Waals surface area contributed by atoms with Gasteiger partial charge in [-0.25, -0.2) is 0 Å². The average molecular weight is 362 g/mol. The number of anilines is 2. The fourth-order valence-corrected chi connectivity index (χ4v) is 2.73. The Morgan fingerprint density at radius 1 is 1.16 bits per heavy atom. The predicted molar refractivity (Wildman–Crippen MR) is 95.5 cm³/mol. The number of carbonyl (C=O) groups excluding carboxylic acids is 1. The first-order valence-electron chi connectivity index (χ1n) is 7.72.